The predicted octanol–water partition coefficient (Wildman–Crippen LogP) is 1.89. The van der Waals surface area contributed by atoms with Crippen LogP contribution in [0.3, 0.4) is 0 Å². The molecule has 0 aromatic heterocycles. The van der Waals surface area contributed by atoms with Gasteiger partial charge in [-0.2, -0.15) is 0 Å². The molecule has 0 spiro atoms. The lowest BCUT2D eigenvalue weighted by Crippen LogP contribution is -2.42. The van der Waals surface area contributed by atoms with E-state index in [0.29, 0.717) is 18.4 Å². The Morgan fingerprint density at radius 1 is 1.33 bits per heavy atom. The number of nitrogens with zero attached hydrogens (tertiary/aromatic N) is 1. The molecule has 0 aliphatic carbocycles. The molecule has 0 atom stereocenters. The van der Waals surface area contributed by atoms with Gasteiger partial charge in [-0.3, -0.25) is 0 Å². The van der Waals surface area contributed by atoms with E-state index in [1.807, 2.05) is 0 Å². The van der Waals surface area contributed by atoms with Crippen LogP contribution in [0.15, 0.2) is 24.3 Å². The third-order valence-corrected chi connectivity index (χ3v) is 3.35. The van der Waals surface area contributed by atoms with Crippen molar-refractivity contribution in [1.82, 2.24) is 10.2 Å². The molecule has 1 aromatic carbocycles. The van der Waals surface area contributed by atoms with Gasteiger partial charge in [-0.25, -0.2) is 4.39 Å². The number of piperidine rings is 1. The van der Waals surface area contributed by atoms with Gasteiger partial charge in [0.15, 0.2) is 11.6 Å². The highest BCUT2D eigenvalue weighted by molar-refractivity contribution is 5.23. The van der Waals surface area contributed by atoms with Crippen LogP contribution in [0.2, 0.25) is 0 Å². The Balaban J connectivity index is 1.63. The molecule has 0 unspecified atom stereocenters. The van der Waals surface area contributed by atoms with Gasteiger partial charge in [0.25, 0.3) is 0 Å². The molecule has 1 aromatic rings. The lowest BCUT2D eigenvalue weighted by Gasteiger charge is -2.29. The number of rotatable bonds is 5. The number of likely N-dealkylation sites (tertiary alicyclic amines) is 1. The Hall–Kier alpha value is -1.13. The monoisotopic (exact) mass is 252 g/mol. The third kappa shape index (κ3) is 3.96. The molecular weight excluding hydrogens is 231 g/mol. The first-order valence-corrected chi connectivity index (χ1v) is 6.55. The summed E-state index contributed by atoms with van der Waals surface area (Å²) in [5.41, 5.74) is 0. The van der Waals surface area contributed by atoms with E-state index < -0.39 is 0 Å². The topological polar surface area (TPSA) is 24.5 Å². The van der Waals surface area contributed by atoms with Crippen molar-refractivity contribution in [2.75, 3.05) is 33.3 Å². The minimum Gasteiger partial charge on any atom is -0.489 e. The Labute approximate surface area is 108 Å². The van der Waals surface area contributed by atoms with Crippen LogP contribution in [-0.2, 0) is 0 Å². The summed E-state index contributed by atoms with van der Waals surface area (Å²) in [5.74, 6) is 0.0412. The van der Waals surface area contributed by atoms with Crippen molar-refractivity contribution in [2.45, 2.75) is 18.9 Å². The van der Waals surface area contributed by atoms with Gasteiger partial charge < -0.3 is 15.0 Å². The molecule has 1 saturated heterocycles. The minimum absolute atomic E-state index is 0.295. The van der Waals surface area contributed by atoms with Crippen molar-refractivity contribution in [3.63, 3.8) is 0 Å². The first-order chi connectivity index (χ1) is 8.75. The lowest BCUT2D eigenvalue weighted by atomic mass is 10.1. The van der Waals surface area contributed by atoms with Crippen LogP contribution in [0.25, 0.3) is 0 Å². The Morgan fingerprint density at radius 3 is 2.78 bits per heavy atom. The molecule has 0 saturated carbocycles. The number of ether oxygens (including phenoxy) is 1. The van der Waals surface area contributed by atoms with Crippen molar-refractivity contribution in [1.29, 1.82) is 0 Å². The SMILES string of the molecule is CN1CCC(NCCOc2ccccc2F)CC1. The minimum atomic E-state index is -0.295. The van der Waals surface area contributed by atoms with Gasteiger partial charge in [0.2, 0.25) is 0 Å². The maximum atomic E-state index is 13.3. The quantitative estimate of drug-likeness (QED) is 0.810. The van der Waals surface area contributed by atoms with Crippen LogP contribution < -0.4 is 10.1 Å². The van der Waals surface area contributed by atoms with Crippen molar-refractivity contribution in [2.24, 2.45) is 0 Å². The van der Waals surface area contributed by atoms with Crippen LogP contribution in [0.4, 0.5) is 4.39 Å². The number of benzene rings is 1. The highest BCUT2D eigenvalue weighted by Gasteiger charge is 2.15. The maximum Gasteiger partial charge on any atom is 0.165 e. The molecule has 1 aliphatic rings. The zero-order valence-corrected chi connectivity index (χ0v) is 10.9. The van der Waals surface area contributed by atoms with Gasteiger partial charge in [0, 0.05) is 12.6 Å². The van der Waals surface area contributed by atoms with Crippen LogP contribution in [0, 0.1) is 5.82 Å². The Bertz CT molecular complexity index is 365. The maximum absolute atomic E-state index is 13.3. The normalized spacial score (nSPS) is 17.9. The van der Waals surface area contributed by atoms with Crippen LogP contribution in [-0.4, -0.2) is 44.2 Å². The Morgan fingerprint density at radius 2 is 2.06 bits per heavy atom. The molecule has 18 heavy (non-hydrogen) atoms. The van der Waals surface area contributed by atoms with E-state index in [9.17, 15) is 4.39 Å². The number of hydrogen-bond donors (Lipinski definition) is 1. The fourth-order valence-corrected chi connectivity index (χ4v) is 2.20. The summed E-state index contributed by atoms with van der Waals surface area (Å²) in [4.78, 5) is 2.34. The lowest BCUT2D eigenvalue weighted by molar-refractivity contribution is 0.223. The zero-order valence-electron chi connectivity index (χ0n) is 10.9. The van der Waals surface area contributed by atoms with E-state index in [4.69, 9.17) is 4.74 Å². The van der Waals surface area contributed by atoms with Gasteiger partial charge in [-0.1, -0.05) is 12.1 Å². The zero-order chi connectivity index (χ0) is 12.8. The number of para-hydroxylation sites is 1. The molecular formula is C14H21FN2O. The van der Waals surface area contributed by atoms with Crippen molar-refractivity contribution in [3.05, 3.63) is 30.1 Å². The fraction of sp³-hybridized carbons (Fsp3) is 0.571. The van der Waals surface area contributed by atoms with E-state index in [-0.39, 0.29) is 5.82 Å². The van der Waals surface area contributed by atoms with Crippen molar-refractivity contribution < 1.29 is 9.13 Å². The van der Waals surface area contributed by atoms with Crippen LogP contribution in [0.5, 0.6) is 5.75 Å². The second-order valence-electron chi connectivity index (χ2n) is 4.81. The molecule has 0 radical (unpaired) electrons. The molecule has 1 fully saturated rings. The first kappa shape index (κ1) is 13.3. The van der Waals surface area contributed by atoms with E-state index in [0.717, 1.165) is 19.6 Å². The fourth-order valence-electron chi connectivity index (χ4n) is 2.20. The van der Waals surface area contributed by atoms with E-state index >= 15 is 0 Å². The Kier molecular flexibility index (Phi) is 4.96. The molecule has 0 amide bonds. The summed E-state index contributed by atoms with van der Waals surface area (Å²) in [7, 11) is 2.15. The molecule has 100 valence electrons. The van der Waals surface area contributed by atoms with Gasteiger partial charge in [-0.05, 0) is 45.1 Å². The summed E-state index contributed by atoms with van der Waals surface area (Å²) in [6.07, 6.45) is 2.35. The van der Waals surface area contributed by atoms with Crippen LogP contribution in [0.1, 0.15) is 12.8 Å². The second-order valence-corrected chi connectivity index (χ2v) is 4.81. The van der Waals surface area contributed by atoms with Crippen LogP contribution >= 0.6 is 0 Å². The number of nitrogens with one attached hydrogen (secondary N) is 1. The highest BCUT2D eigenvalue weighted by atomic mass is 19.1. The summed E-state index contributed by atoms with van der Waals surface area (Å²) in [5, 5.41) is 3.46. The molecule has 1 aliphatic heterocycles. The standard InChI is InChI=1S/C14H21FN2O/c1-17-9-6-12(7-10-17)16-8-11-18-14-5-3-2-4-13(14)15/h2-5,12,16H,6-11H2,1H3. The summed E-state index contributed by atoms with van der Waals surface area (Å²) in [6.45, 7) is 3.56. The molecule has 0 bridgehead atoms. The summed E-state index contributed by atoms with van der Waals surface area (Å²) < 4.78 is 18.7. The van der Waals surface area contributed by atoms with Gasteiger partial charge in [-0.15, -0.1) is 0 Å². The predicted molar refractivity (Wildman–Crippen MR) is 70.4 cm³/mol. The largest absolute Gasteiger partial charge is 0.489 e. The molecule has 3 nitrogen and oxygen atoms in total. The summed E-state index contributed by atoms with van der Waals surface area (Å²) >= 11 is 0. The molecule has 1 heterocycles. The number of hydrogen-bond acceptors (Lipinski definition) is 3. The van der Waals surface area contributed by atoms with E-state index in [1.54, 1.807) is 18.2 Å². The third-order valence-electron chi connectivity index (χ3n) is 3.35. The van der Waals surface area contributed by atoms with E-state index in [2.05, 4.69) is 17.3 Å². The van der Waals surface area contributed by atoms with Gasteiger partial charge >= 0.3 is 0 Å². The average Bonchev–Trinajstić information content (AvgIpc) is 2.39. The van der Waals surface area contributed by atoms with Crippen molar-refractivity contribution in [3.8, 4) is 5.75 Å². The molecule has 4 heteroatoms. The van der Waals surface area contributed by atoms with Crippen molar-refractivity contribution >= 4 is 0 Å². The van der Waals surface area contributed by atoms with Gasteiger partial charge in [0.1, 0.15) is 6.61 Å². The highest BCUT2D eigenvalue weighted by Crippen LogP contribution is 2.15. The second kappa shape index (κ2) is 6.71. The van der Waals surface area contributed by atoms with E-state index in [1.165, 1.54) is 18.9 Å². The first-order valence-electron chi connectivity index (χ1n) is 6.55. The molecule has 2 rings (SSSR count). The average molecular weight is 252 g/mol. The smallest absolute Gasteiger partial charge is 0.165 e. The molecule has 1 N–H and O–H groups in total. The van der Waals surface area contributed by atoms with Gasteiger partial charge in [0.05, 0.1) is 0 Å². The summed E-state index contributed by atoms with van der Waals surface area (Å²) in [6, 6.07) is 7.09. The number of halogens is 1.